The van der Waals surface area contributed by atoms with Gasteiger partial charge in [0.2, 0.25) is 4.96 Å². The molecular weight excluding hydrogens is 310 g/mol. The fraction of sp³-hybridized carbons (Fsp3) is 0.250. The zero-order valence-corrected chi connectivity index (χ0v) is 13.7. The Labute approximate surface area is 136 Å². The Balaban J connectivity index is 1.64. The van der Waals surface area contributed by atoms with Crippen LogP contribution in [0.4, 0.5) is 0 Å². The summed E-state index contributed by atoms with van der Waals surface area (Å²) in [5.74, 6) is 1.70. The molecular formula is C16H15N5OS. The van der Waals surface area contributed by atoms with E-state index in [9.17, 15) is 0 Å². The molecule has 0 spiro atoms. The van der Waals surface area contributed by atoms with Gasteiger partial charge in [0.25, 0.3) is 0 Å². The van der Waals surface area contributed by atoms with E-state index in [1.165, 1.54) is 5.56 Å². The number of rotatable bonds is 4. The van der Waals surface area contributed by atoms with E-state index >= 15 is 0 Å². The maximum absolute atomic E-state index is 5.22. The molecule has 7 heteroatoms. The molecule has 0 unspecified atom stereocenters. The quantitative estimate of drug-likeness (QED) is 0.577. The number of fused-ring (bicyclic) bond motifs is 1. The molecule has 0 amide bonds. The van der Waals surface area contributed by atoms with Gasteiger partial charge in [-0.3, -0.25) is 0 Å². The number of nitrogens with zero attached hydrogens (tertiary/aromatic N) is 5. The first-order valence-corrected chi connectivity index (χ1v) is 8.18. The minimum Gasteiger partial charge on any atom is -0.361 e. The van der Waals surface area contributed by atoms with Gasteiger partial charge in [-0.25, -0.2) is 0 Å². The smallest absolute Gasteiger partial charge is 0.234 e. The van der Waals surface area contributed by atoms with E-state index in [2.05, 4.69) is 32.6 Å². The van der Waals surface area contributed by atoms with Crippen LogP contribution in [-0.2, 0) is 12.8 Å². The Kier molecular flexibility index (Phi) is 3.42. The summed E-state index contributed by atoms with van der Waals surface area (Å²) >= 11 is 1.55. The second-order valence-corrected chi connectivity index (χ2v) is 6.49. The van der Waals surface area contributed by atoms with Gasteiger partial charge in [-0.15, -0.1) is 10.2 Å². The largest absolute Gasteiger partial charge is 0.361 e. The Morgan fingerprint density at radius 3 is 2.65 bits per heavy atom. The van der Waals surface area contributed by atoms with Crippen molar-refractivity contribution in [3.63, 3.8) is 0 Å². The molecule has 3 heterocycles. The summed E-state index contributed by atoms with van der Waals surface area (Å²) in [6.45, 7) is 3.88. The third kappa shape index (κ3) is 2.63. The fourth-order valence-electron chi connectivity index (χ4n) is 2.56. The lowest BCUT2D eigenvalue weighted by Crippen LogP contribution is -1.99. The Morgan fingerprint density at radius 1 is 1.09 bits per heavy atom. The van der Waals surface area contributed by atoms with Crippen molar-refractivity contribution in [1.82, 2.24) is 25.0 Å². The van der Waals surface area contributed by atoms with Crippen LogP contribution in [0.25, 0.3) is 4.96 Å². The summed E-state index contributed by atoms with van der Waals surface area (Å²) in [5.41, 5.74) is 3.21. The van der Waals surface area contributed by atoms with E-state index in [1.807, 2.05) is 36.6 Å². The third-order valence-corrected chi connectivity index (χ3v) is 4.71. The molecule has 23 heavy (non-hydrogen) atoms. The zero-order chi connectivity index (χ0) is 15.8. The predicted octanol–water partition coefficient (Wildman–Crippen LogP) is 2.97. The number of aromatic nitrogens is 5. The van der Waals surface area contributed by atoms with Crippen molar-refractivity contribution in [3.05, 3.63) is 63.7 Å². The molecule has 6 nitrogen and oxygen atoms in total. The first kappa shape index (κ1) is 14.1. The molecule has 0 aliphatic heterocycles. The van der Waals surface area contributed by atoms with Crippen molar-refractivity contribution in [2.24, 2.45) is 0 Å². The van der Waals surface area contributed by atoms with E-state index in [-0.39, 0.29) is 0 Å². The van der Waals surface area contributed by atoms with Crippen LogP contribution in [0.5, 0.6) is 0 Å². The second kappa shape index (κ2) is 5.58. The summed E-state index contributed by atoms with van der Waals surface area (Å²) in [6, 6.07) is 10.2. The lowest BCUT2D eigenvalue weighted by atomic mass is 10.1. The van der Waals surface area contributed by atoms with Crippen LogP contribution in [-0.4, -0.2) is 25.0 Å². The number of aryl methyl sites for hydroxylation is 2. The minimum atomic E-state index is 0.708. The van der Waals surface area contributed by atoms with Gasteiger partial charge >= 0.3 is 0 Å². The number of hydrogen-bond donors (Lipinski definition) is 0. The van der Waals surface area contributed by atoms with E-state index in [1.54, 1.807) is 11.3 Å². The van der Waals surface area contributed by atoms with E-state index in [0.29, 0.717) is 6.42 Å². The highest BCUT2D eigenvalue weighted by atomic mass is 32.1. The fourth-order valence-corrected chi connectivity index (χ4v) is 3.43. The lowest BCUT2D eigenvalue weighted by Gasteiger charge is -1.97. The molecule has 0 saturated carbocycles. The van der Waals surface area contributed by atoms with Crippen molar-refractivity contribution in [2.75, 3.05) is 0 Å². The van der Waals surface area contributed by atoms with Gasteiger partial charge in [-0.1, -0.05) is 46.8 Å². The molecule has 116 valence electrons. The molecule has 0 atom stereocenters. The molecule has 1 aromatic carbocycles. The van der Waals surface area contributed by atoms with Crippen LogP contribution in [0.2, 0.25) is 0 Å². The maximum atomic E-state index is 5.22. The van der Waals surface area contributed by atoms with Gasteiger partial charge in [0.05, 0.1) is 5.69 Å². The predicted molar refractivity (Wildman–Crippen MR) is 86.7 cm³/mol. The van der Waals surface area contributed by atoms with Gasteiger partial charge in [-0.05, 0) is 19.4 Å². The molecule has 0 N–H and O–H groups in total. The van der Waals surface area contributed by atoms with Crippen LogP contribution in [0, 0.1) is 13.8 Å². The normalized spacial score (nSPS) is 11.4. The van der Waals surface area contributed by atoms with E-state index < -0.39 is 0 Å². The van der Waals surface area contributed by atoms with Crippen LogP contribution in [0.1, 0.15) is 33.4 Å². The Bertz CT molecular complexity index is 934. The molecule has 0 bridgehead atoms. The van der Waals surface area contributed by atoms with Crippen molar-refractivity contribution in [2.45, 2.75) is 26.7 Å². The number of benzene rings is 1. The minimum absolute atomic E-state index is 0.708. The second-order valence-electron chi connectivity index (χ2n) is 5.45. The first-order chi connectivity index (χ1) is 11.2. The summed E-state index contributed by atoms with van der Waals surface area (Å²) in [5, 5.41) is 18.1. The SMILES string of the molecule is Cc1noc(C)c1Cc1nn2c(Cc3ccccc3)nnc2s1. The van der Waals surface area contributed by atoms with Gasteiger partial charge in [0.1, 0.15) is 10.8 Å². The zero-order valence-electron chi connectivity index (χ0n) is 12.9. The highest BCUT2D eigenvalue weighted by Crippen LogP contribution is 2.22. The summed E-state index contributed by atoms with van der Waals surface area (Å²) in [4.78, 5) is 0.817. The molecule has 0 aliphatic carbocycles. The molecule has 0 saturated heterocycles. The van der Waals surface area contributed by atoms with Gasteiger partial charge in [-0.2, -0.15) is 9.61 Å². The van der Waals surface area contributed by atoms with E-state index in [4.69, 9.17) is 4.52 Å². The first-order valence-electron chi connectivity index (χ1n) is 7.36. The van der Waals surface area contributed by atoms with Gasteiger partial charge in [0.15, 0.2) is 5.82 Å². The topological polar surface area (TPSA) is 69.1 Å². The van der Waals surface area contributed by atoms with Gasteiger partial charge < -0.3 is 4.52 Å². The van der Waals surface area contributed by atoms with Gasteiger partial charge in [0, 0.05) is 18.4 Å². The standard InChI is InChI=1S/C16H15N5OS/c1-10-13(11(2)22-20-10)9-15-19-21-14(17-18-16(21)23-15)8-12-6-4-3-5-7-12/h3-7H,8-9H2,1-2H3. The summed E-state index contributed by atoms with van der Waals surface area (Å²) in [7, 11) is 0. The molecule has 0 radical (unpaired) electrons. The molecule has 0 fully saturated rings. The maximum Gasteiger partial charge on any atom is 0.234 e. The van der Waals surface area contributed by atoms with Crippen LogP contribution >= 0.6 is 11.3 Å². The highest BCUT2D eigenvalue weighted by Gasteiger charge is 2.16. The molecule has 4 rings (SSSR count). The monoisotopic (exact) mass is 325 g/mol. The van der Waals surface area contributed by atoms with Crippen LogP contribution in [0.15, 0.2) is 34.9 Å². The highest BCUT2D eigenvalue weighted by molar-refractivity contribution is 7.16. The average molecular weight is 325 g/mol. The molecule has 4 aromatic rings. The molecule has 0 aliphatic rings. The van der Waals surface area contributed by atoms with Crippen molar-refractivity contribution >= 4 is 16.3 Å². The molecule has 3 aromatic heterocycles. The lowest BCUT2D eigenvalue weighted by molar-refractivity contribution is 0.392. The third-order valence-electron chi connectivity index (χ3n) is 3.81. The van der Waals surface area contributed by atoms with Crippen LogP contribution in [0.3, 0.4) is 0 Å². The number of hydrogen-bond acceptors (Lipinski definition) is 6. The van der Waals surface area contributed by atoms with Crippen molar-refractivity contribution < 1.29 is 4.52 Å². The summed E-state index contributed by atoms with van der Waals surface area (Å²) in [6.07, 6.45) is 1.43. The Morgan fingerprint density at radius 2 is 1.91 bits per heavy atom. The van der Waals surface area contributed by atoms with Crippen molar-refractivity contribution in [3.8, 4) is 0 Å². The van der Waals surface area contributed by atoms with Crippen LogP contribution < -0.4 is 0 Å². The van der Waals surface area contributed by atoms with E-state index in [0.717, 1.165) is 39.2 Å². The Hall–Kier alpha value is -2.54. The average Bonchev–Trinajstić information content (AvgIpc) is 3.21. The summed E-state index contributed by atoms with van der Waals surface area (Å²) < 4.78 is 7.06. The van der Waals surface area contributed by atoms with Crippen molar-refractivity contribution in [1.29, 1.82) is 0 Å².